The van der Waals surface area contributed by atoms with Gasteiger partial charge in [-0.3, -0.25) is 0 Å². The van der Waals surface area contributed by atoms with E-state index >= 15 is 0 Å². The van der Waals surface area contributed by atoms with Crippen LogP contribution < -0.4 is 10.1 Å². The summed E-state index contributed by atoms with van der Waals surface area (Å²) in [6.45, 7) is 3.66. The fourth-order valence-corrected chi connectivity index (χ4v) is 3.06. The fourth-order valence-electron chi connectivity index (χ4n) is 1.78. The summed E-state index contributed by atoms with van der Waals surface area (Å²) in [7, 11) is 0. The zero-order valence-corrected chi connectivity index (χ0v) is 10.4. The molecule has 0 aliphatic carbocycles. The van der Waals surface area contributed by atoms with Crippen LogP contribution in [0, 0.1) is 5.92 Å². The van der Waals surface area contributed by atoms with E-state index in [0.29, 0.717) is 6.61 Å². The Morgan fingerprint density at radius 1 is 1.62 bits per heavy atom. The molecule has 0 amide bonds. The molecule has 2 rings (SSSR count). The smallest absolute Gasteiger partial charge is 0.237 e. The fraction of sp³-hybridized carbons (Fsp3) is 0.583. The molecule has 1 N–H and O–H groups in total. The summed E-state index contributed by atoms with van der Waals surface area (Å²) in [5.41, 5.74) is 1.02. The van der Waals surface area contributed by atoms with Crippen LogP contribution in [0.25, 0.3) is 0 Å². The van der Waals surface area contributed by atoms with Crippen molar-refractivity contribution in [1.82, 2.24) is 4.98 Å². The van der Waals surface area contributed by atoms with E-state index in [2.05, 4.69) is 10.3 Å². The zero-order valence-electron chi connectivity index (χ0n) is 9.61. The molecule has 3 nitrogen and oxygen atoms in total. The molecule has 1 saturated heterocycles. The third-order valence-corrected chi connectivity index (χ3v) is 3.89. The van der Waals surface area contributed by atoms with E-state index in [1.54, 1.807) is 6.20 Å². The number of ether oxygens (including phenoxy) is 1. The molecule has 1 aromatic rings. The van der Waals surface area contributed by atoms with E-state index in [1.807, 2.05) is 30.8 Å². The molecule has 1 atom stereocenters. The first-order valence-corrected chi connectivity index (χ1v) is 6.95. The minimum Gasteiger partial charge on any atom is -0.476 e. The number of nitrogens with zero attached hydrogens (tertiary/aromatic N) is 1. The van der Waals surface area contributed by atoms with Gasteiger partial charge in [-0.2, -0.15) is 11.8 Å². The molecular weight excluding hydrogens is 220 g/mol. The minimum absolute atomic E-state index is 0.658. The second kappa shape index (κ2) is 5.99. The Morgan fingerprint density at radius 3 is 3.31 bits per heavy atom. The van der Waals surface area contributed by atoms with E-state index in [4.69, 9.17) is 4.74 Å². The van der Waals surface area contributed by atoms with Gasteiger partial charge in [-0.25, -0.2) is 4.98 Å². The number of thioether (sulfide) groups is 1. The number of hydrogen-bond donors (Lipinski definition) is 1. The lowest BCUT2D eigenvalue weighted by Gasteiger charge is -2.13. The van der Waals surface area contributed by atoms with Crippen LogP contribution >= 0.6 is 11.8 Å². The number of rotatable bonds is 5. The van der Waals surface area contributed by atoms with Crippen molar-refractivity contribution in [3.05, 3.63) is 18.3 Å². The molecule has 88 valence electrons. The summed E-state index contributed by atoms with van der Waals surface area (Å²) < 4.78 is 5.47. The minimum atomic E-state index is 0.658. The Morgan fingerprint density at radius 2 is 2.56 bits per heavy atom. The van der Waals surface area contributed by atoms with Gasteiger partial charge in [-0.1, -0.05) is 0 Å². The Labute approximate surface area is 101 Å². The number of hydrogen-bond acceptors (Lipinski definition) is 4. The van der Waals surface area contributed by atoms with Gasteiger partial charge in [-0.15, -0.1) is 0 Å². The summed E-state index contributed by atoms with van der Waals surface area (Å²) in [5.74, 6) is 4.09. The molecule has 2 heterocycles. The first kappa shape index (κ1) is 11.6. The summed E-state index contributed by atoms with van der Waals surface area (Å²) in [6, 6.07) is 3.97. The maximum Gasteiger partial charge on any atom is 0.237 e. The van der Waals surface area contributed by atoms with Crippen molar-refractivity contribution in [3.8, 4) is 5.88 Å². The molecule has 0 bridgehead atoms. The molecule has 1 fully saturated rings. The second-order valence-electron chi connectivity index (χ2n) is 3.90. The Kier molecular flexibility index (Phi) is 4.34. The average molecular weight is 238 g/mol. The zero-order chi connectivity index (χ0) is 11.2. The molecule has 1 aliphatic heterocycles. The van der Waals surface area contributed by atoms with E-state index in [9.17, 15) is 0 Å². The second-order valence-corrected chi connectivity index (χ2v) is 5.05. The quantitative estimate of drug-likeness (QED) is 0.855. The third kappa shape index (κ3) is 3.04. The van der Waals surface area contributed by atoms with Crippen molar-refractivity contribution in [3.63, 3.8) is 0 Å². The van der Waals surface area contributed by atoms with Crippen LogP contribution in [-0.4, -0.2) is 29.6 Å². The summed E-state index contributed by atoms with van der Waals surface area (Å²) in [6.07, 6.45) is 3.09. The highest BCUT2D eigenvalue weighted by molar-refractivity contribution is 7.99. The number of anilines is 1. The van der Waals surface area contributed by atoms with Gasteiger partial charge in [0, 0.05) is 12.7 Å². The van der Waals surface area contributed by atoms with Crippen LogP contribution in [0.1, 0.15) is 13.3 Å². The van der Waals surface area contributed by atoms with Gasteiger partial charge in [0.25, 0.3) is 0 Å². The van der Waals surface area contributed by atoms with Gasteiger partial charge in [0.2, 0.25) is 5.88 Å². The van der Waals surface area contributed by atoms with Crippen LogP contribution in [0.3, 0.4) is 0 Å². The van der Waals surface area contributed by atoms with Crippen LogP contribution in [0.2, 0.25) is 0 Å². The lowest BCUT2D eigenvalue weighted by molar-refractivity contribution is 0.328. The highest BCUT2D eigenvalue weighted by Gasteiger charge is 2.15. The largest absolute Gasteiger partial charge is 0.476 e. The topological polar surface area (TPSA) is 34.1 Å². The van der Waals surface area contributed by atoms with Gasteiger partial charge in [-0.05, 0) is 42.9 Å². The van der Waals surface area contributed by atoms with Crippen molar-refractivity contribution >= 4 is 17.4 Å². The molecular formula is C12H18N2OS. The maximum absolute atomic E-state index is 5.47. The SMILES string of the molecule is CCOc1ncccc1NCC1CCSC1. The Hall–Kier alpha value is -0.900. The molecule has 4 heteroatoms. The molecule has 0 aromatic carbocycles. The highest BCUT2D eigenvalue weighted by Crippen LogP contribution is 2.25. The standard InChI is InChI=1S/C12H18N2OS/c1-2-15-12-11(4-3-6-13-12)14-8-10-5-7-16-9-10/h3-4,6,10,14H,2,5,7-9H2,1H3. The summed E-state index contributed by atoms with van der Waals surface area (Å²) in [5, 5.41) is 3.44. The van der Waals surface area contributed by atoms with E-state index < -0.39 is 0 Å². The predicted molar refractivity (Wildman–Crippen MR) is 69.3 cm³/mol. The van der Waals surface area contributed by atoms with E-state index in [0.717, 1.165) is 24.0 Å². The van der Waals surface area contributed by atoms with Crippen LogP contribution in [-0.2, 0) is 0 Å². The van der Waals surface area contributed by atoms with Crippen LogP contribution in [0.5, 0.6) is 5.88 Å². The molecule has 16 heavy (non-hydrogen) atoms. The average Bonchev–Trinajstić information content (AvgIpc) is 2.81. The number of aromatic nitrogens is 1. The first-order chi connectivity index (χ1) is 7.90. The molecule has 0 radical (unpaired) electrons. The number of pyridine rings is 1. The van der Waals surface area contributed by atoms with Crippen LogP contribution in [0.4, 0.5) is 5.69 Å². The van der Waals surface area contributed by atoms with Gasteiger partial charge in [0.15, 0.2) is 0 Å². The molecule has 1 unspecified atom stereocenters. The Balaban J connectivity index is 1.91. The first-order valence-electron chi connectivity index (χ1n) is 5.79. The monoisotopic (exact) mass is 238 g/mol. The van der Waals surface area contributed by atoms with Crippen molar-refractivity contribution < 1.29 is 4.74 Å². The highest BCUT2D eigenvalue weighted by atomic mass is 32.2. The van der Waals surface area contributed by atoms with E-state index in [-0.39, 0.29) is 0 Å². The molecule has 1 aliphatic rings. The molecule has 1 aromatic heterocycles. The van der Waals surface area contributed by atoms with Crippen LogP contribution in [0.15, 0.2) is 18.3 Å². The number of nitrogens with one attached hydrogen (secondary N) is 1. The lowest BCUT2D eigenvalue weighted by atomic mass is 10.1. The third-order valence-electron chi connectivity index (χ3n) is 2.66. The normalized spacial score (nSPS) is 19.7. The van der Waals surface area contributed by atoms with E-state index in [1.165, 1.54) is 17.9 Å². The van der Waals surface area contributed by atoms with Gasteiger partial charge in [0.1, 0.15) is 0 Å². The maximum atomic E-state index is 5.47. The van der Waals surface area contributed by atoms with Crippen molar-refractivity contribution in [2.24, 2.45) is 5.92 Å². The van der Waals surface area contributed by atoms with Gasteiger partial charge >= 0.3 is 0 Å². The Bertz CT molecular complexity index is 327. The predicted octanol–water partition coefficient (Wildman–Crippen LogP) is 2.65. The van der Waals surface area contributed by atoms with Crippen molar-refractivity contribution in [2.45, 2.75) is 13.3 Å². The van der Waals surface area contributed by atoms with Crippen molar-refractivity contribution in [1.29, 1.82) is 0 Å². The van der Waals surface area contributed by atoms with Gasteiger partial charge in [0.05, 0.1) is 12.3 Å². The lowest BCUT2D eigenvalue weighted by Crippen LogP contribution is -2.14. The molecule has 0 spiro atoms. The summed E-state index contributed by atoms with van der Waals surface area (Å²) in [4.78, 5) is 4.22. The summed E-state index contributed by atoms with van der Waals surface area (Å²) >= 11 is 2.04. The van der Waals surface area contributed by atoms with Crippen molar-refractivity contribution in [2.75, 3.05) is 30.0 Å². The molecule has 0 saturated carbocycles. The van der Waals surface area contributed by atoms with Gasteiger partial charge < -0.3 is 10.1 Å².